The molecule has 4 rings (SSSR count). The molecule has 1 heterocycles. The van der Waals surface area contributed by atoms with Crippen LogP contribution in [0.5, 0.6) is 0 Å². The van der Waals surface area contributed by atoms with Gasteiger partial charge in [0.05, 0.1) is 11.2 Å². The summed E-state index contributed by atoms with van der Waals surface area (Å²) in [5.41, 5.74) is 3.23. The van der Waals surface area contributed by atoms with Gasteiger partial charge in [0, 0.05) is 40.5 Å². The lowest BCUT2D eigenvalue weighted by atomic mass is 9.95. The number of rotatable bonds is 6. The molecule has 1 fully saturated rings. The number of allylic oxidation sites excluding steroid dienone is 1. The van der Waals surface area contributed by atoms with Gasteiger partial charge in [0.1, 0.15) is 11.6 Å². The number of benzene rings is 2. The summed E-state index contributed by atoms with van der Waals surface area (Å²) in [6, 6.07) is 12.6. The minimum absolute atomic E-state index is 0.0976. The van der Waals surface area contributed by atoms with Gasteiger partial charge in [-0.05, 0) is 43.0 Å². The summed E-state index contributed by atoms with van der Waals surface area (Å²) in [5.74, 6) is -1.08. The van der Waals surface area contributed by atoms with Crippen molar-refractivity contribution in [2.45, 2.75) is 51.5 Å². The van der Waals surface area contributed by atoms with E-state index in [1.165, 1.54) is 37.6 Å². The molecule has 0 spiro atoms. The van der Waals surface area contributed by atoms with Crippen LogP contribution in [-0.2, 0) is 6.42 Å². The van der Waals surface area contributed by atoms with Gasteiger partial charge in [-0.3, -0.25) is 0 Å². The van der Waals surface area contributed by atoms with Crippen LogP contribution in [0, 0.1) is 17.0 Å². The van der Waals surface area contributed by atoms with Crippen molar-refractivity contribution in [1.29, 1.82) is 5.41 Å². The minimum Gasteiger partial charge on any atom is -0.388 e. The number of hydrogen-bond donors (Lipinski definition) is 2. The molecular weight excluding hydrogens is 392 g/mol. The average Bonchev–Trinajstić information content (AvgIpc) is 2.79. The summed E-state index contributed by atoms with van der Waals surface area (Å²) in [6.07, 6.45) is 9.49. The lowest BCUT2D eigenvalue weighted by Crippen LogP contribution is -2.26. The molecule has 0 atom stereocenters. The number of halogens is 2. The van der Waals surface area contributed by atoms with Gasteiger partial charge in [-0.25, -0.2) is 13.8 Å². The zero-order valence-electron chi connectivity index (χ0n) is 17.7. The monoisotopic (exact) mass is 419 g/mol. The van der Waals surface area contributed by atoms with Gasteiger partial charge in [-0.15, -0.1) is 0 Å². The molecular formula is C26H27F2N3. The summed E-state index contributed by atoms with van der Waals surface area (Å²) < 4.78 is 28.9. The number of nitrogens with zero attached hydrogens (tertiary/aromatic N) is 1. The molecule has 5 heteroatoms. The molecule has 31 heavy (non-hydrogen) atoms. The maximum Gasteiger partial charge on any atom is 0.129 e. The van der Waals surface area contributed by atoms with Crippen LogP contribution >= 0.6 is 0 Å². The fraction of sp³-hybridized carbons (Fsp3) is 0.308. The lowest BCUT2D eigenvalue weighted by molar-refractivity contribution is 0.405. The summed E-state index contributed by atoms with van der Waals surface area (Å²) in [4.78, 5) is 4.78. The maximum atomic E-state index is 14.4. The van der Waals surface area contributed by atoms with Crippen molar-refractivity contribution < 1.29 is 8.78 Å². The van der Waals surface area contributed by atoms with Crippen LogP contribution in [-0.4, -0.2) is 17.2 Å². The van der Waals surface area contributed by atoms with Crippen molar-refractivity contribution in [2.75, 3.05) is 0 Å². The molecule has 0 saturated heterocycles. The van der Waals surface area contributed by atoms with E-state index in [2.05, 4.69) is 5.32 Å². The van der Waals surface area contributed by atoms with E-state index < -0.39 is 11.6 Å². The highest BCUT2D eigenvalue weighted by Gasteiger charge is 2.15. The van der Waals surface area contributed by atoms with Crippen LogP contribution in [0.15, 0.2) is 48.7 Å². The van der Waals surface area contributed by atoms with E-state index in [0.29, 0.717) is 40.4 Å². The molecule has 0 radical (unpaired) electrons. The average molecular weight is 420 g/mol. The van der Waals surface area contributed by atoms with E-state index in [4.69, 9.17) is 10.4 Å². The lowest BCUT2D eigenvalue weighted by Gasteiger charge is -2.22. The molecule has 1 saturated carbocycles. The number of para-hydroxylation sites is 1. The number of nitrogens with one attached hydrogen (secondary N) is 2. The van der Waals surface area contributed by atoms with E-state index in [-0.39, 0.29) is 5.56 Å². The molecule has 2 N–H and O–H groups in total. The van der Waals surface area contributed by atoms with Gasteiger partial charge in [0.2, 0.25) is 0 Å². The first-order chi connectivity index (χ1) is 15.1. The maximum absolute atomic E-state index is 14.4. The fourth-order valence-corrected chi connectivity index (χ4v) is 4.30. The smallest absolute Gasteiger partial charge is 0.129 e. The predicted molar refractivity (Wildman–Crippen MR) is 123 cm³/mol. The van der Waals surface area contributed by atoms with Gasteiger partial charge < -0.3 is 10.7 Å². The van der Waals surface area contributed by atoms with Crippen LogP contribution in [0.2, 0.25) is 0 Å². The second-order valence-corrected chi connectivity index (χ2v) is 8.09. The Morgan fingerprint density at radius 1 is 1.10 bits per heavy atom. The molecule has 1 aliphatic rings. The summed E-state index contributed by atoms with van der Waals surface area (Å²) >= 11 is 0. The molecule has 0 bridgehead atoms. The molecule has 1 aliphatic carbocycles. The van der Waals surface area contributed by atoms with Crippen molar-refractivity contribution in [2.24, 2.45) is 0 Å². The van der Waals surface area contributed by atoms with Gasteiger partial charge >= 0.3 is 0 Å². The Morgan fingerprint density at radius 2 is 1.84 bits per heavy atom. The first-order valence-corrected chi connectivity index (χ1v) is 11.0. The molecule has 160 valence electrons. The Kier molecular flexibility index (Phi) is 6.40. The second kappa shape index (κ2) is 9.38. The van der Waals surface area contributed by atoms with Crippen molar-refractivity contribution in [3.05, 3.63) is 71.6 Å². The van der Waals surface area contributed by atoms with Gasteiger partial charge in [0.25, 0.3) is 0 Å². The predicted octanol–water partition coefficient (Wildman–Crippen LogP) is 6.66. The minimum atomic E-state index is -0.539. The number of pyridine rings is 1. The Bertz CT molecular complexity index is 1110. The zero-order valence-corrected chi connectivity index (χ0v) is 17.7. The van der Waals surface area contributed by atoms with Crippen molar-refractivity contribution in [3.8, 4) is 11.1 Å². The standard InChI is InChI=1S/C26H27F2N3/c1-2-21-23(27)13-18(14-24(21)28)22-10-6-7-17-11-12-25(31-26(17)22)19(15-29)16-30-20-8-4-3-5-9-20/h6-7,10-16,20,29-30H,2-5,8-9H2,1H3/b19-16+,29-15?. The third-order valence-electron chi connectivity index (χ3n) is 6.06. The Morgan fingerprint density at radius 3 is 2.52 bits per heavy atom. The van der Waals surface area contributed by atoms with E-state index in [1.54, 1.807) is 6.92 Å². The third kappa shape index (κ3) is 4.50. The highest BCUT2D eigenvalue weighted by Crippen LogP contribution is 2.31. The Hall–Kier alpha value is -3.08. The molecule has 3 nitrogen and oxygen atoms in total. The van der Waals surface area contributed by atoms with E-state index >= 15 is 0 Å². The molecule has 0 aliphatic heterocycles. The van der Waals surface area contributed by atoms with Crippen LogP contribution in [0.1, 0.15) is 50.3 Å². The number of hydrogen-bond acceptors (Lipinski definition) is 3. The summed E-state index contributed by atoms with van der Waals surface area (Å²) in [6.45, 7) is 1.74. The normalized spacial score (nSPS) is 15.3. The van der Waals surface area contributed by atoms with E-state index in [9.17, 15) is 8.78 Å². The van der Waals surface area contributed by atoms with Crippen LogP contribution in [0.25, 0.3) is 27.6 Å². The van der Waals surface area contributed by atoms with Gasteiger partial charge in [-0.2, -0.15) is 0 Å². The second-order valence-electron chi connectivity index (χ2n) is 8.09. The molecule has 2 aromatic carbocycles. The van der Waals surface area contributed by atoms with Crippen molar-refractivity contribution in [3.63, 3.8) is 0 Å². The van der Waals surface area contributed by atoms with Crippen LogP contribution < -0.4 is 5.32 Å². The topological polar surface area (TPSA) is 48.8 Å². The largest absolute Gasteiger partial charge is 0.388 e. The number of fused-ring (bicyclic) bond motifs is 1. The van der Waals surface area contributed by atoms with Gasteiger partial charge in [0.15, 0.2) is 0 Å². The summed E-state index contributed by atoms with van der Waals surface area (Å²) in [5, 5.41) is 12.2. The number of aromatic nitrogens is 1. The first-order valence-electron chi connectivity index (χ1n) is 11.0. The van der Waals surface area contributed by atoms with Gasteiger partial charge in [-0.1, -0.05) is 50.5 Å². The SMILES string of the molecule is CCc1c(F)cc(-c2cccc3ccc(/C(C=N)=C/NC4CCCCC4)nc23)cc1F. The molecule has 1 aromatic heterocycles. The van der Waals surface area contributed by atoms with Crippen LogP contribution in [0.4, 0.5) is 8.78 Å². The quantitative estimate of drug-likeness (QED) is 0.439. The highest BCUT2D eigenvalue weighted by atomic mass is 19.1. The fourth-order valence-electron chi connectivity index (χ4n) is 4.30. The van der Waals surface area contributed by atoms with E-state index in [1.807, 2.05) is 36.5 Å². The molecule has 3 aromatic rings. The summed E-state index contributed by atoms with van der Waals surface area (Å²) in [7, 11) is 0. The van der Waals surface area contributed by atoms with Crippen molar-refractivity contribution >= 4 is 22.7 Å². The first kappa shape index (κ1) is 21.2. The Labute approximate surface area is 181 Å². The third-order valence-corrected chi connectivity index (χ3v) is 6.06. The van der Waals surface area contributed by atoms with Crippen LogP contribution in [0.3, 0.4) is 0 Å². The molecule has 0 unspecified atom stereocenters. The van der Waals surface area contributed by atoms with E-state index in [0.717, 1.165) is 18.2 Å². The van der Waals surface area contributed by atoms with Crippen molar-refractivity contribution in [1.82, 2.24) is 10.3 Å². The Balaban J connectivity index is 1.74. The molecule has 0 amide bonds. The zero-order chi connectivity index (χ0) is 21.8. The highest BCUT2D eigenvalue weighted by molar-refractivity contribution is 6.08.